The number of aliphatic hydroxyl groups is 1. The summed E-state index contributed by atoms with van der Waals surface area (Å²) in [6.45, 7) is 0.0596. The average Bonchev–Trinajstić information content (AvgIpc) is 2.76. The fourth-order valence-electron chi connectivity index (χ4n) is 2.70. The van der Waals surface area contributed by atoms with Crippen molar-refractivity contribution in [2.24, 2.45) is 0 Å². The van der Waals surface area contributed by atoms with Crippen LogP contribution in [0.15, 0.2) is 48.5 Å². The zero-order valence-corrected chi connectivity index (χ0v) is 16.6. The van der Waals surface area contributed by atoms with Crippen molar-refractivity contribution in [2.45, 2.75) is 25.2 Å². The first-order valence-corrected chi connectivity index (χ1v) is 8.92. The van der Waals surface area contributed by atoms with Crippen LogP contribution in [0.4, 0.5) is 4.79 Å². The molecular weight excluding hydrogens is 378 g/mol. The summed E-state index contributed by atoms with van der Waals surface area (Å²) in [5.41, 5.74) is 1.52. The summed E-state index contributed by atoms with van der Waals surface area (Å²) in [5.74, 6) is 0.165. The number of hydrogen-bond acceptors (Lipinski definition) is 7. The van der Waals surface area contributed by atoms with Gasteiger partial charge in [-0.25, -0.2) is 9.59 Å². The van der Waals surface area contributed by atoms with Gasteiger partial charge in [0.25, 0.3) is 0 Å². The van der Waals surface area contributed by atoms with Crippen molar-refractivity contribution in [3.8, 4) is 11.5 Å². The molecule has 2 N–H and O–H groups in total. The first-order chi connectivity index (χ1) is 14.0. The number of esters is 1. The molecule has 0 aliphatic rings. The van der Waals surface area contributed by atoms with Gasteiger partial charge in [0.2, 0.25) is 0 Å². The Balaban J connectivity index is 2.10. The van der Waals surface area contributed by atoms with Crippen molar-refractivity contribution < 1.29 is 33.6 Å². The van der Waals surface area contributed by atoms with Crippen molar-refractivity contribution >= 4 is 12.1 Å². The van der Waals surface area contributed by atoms with E-state index >= 15 is 0 Å². The molecule has 2 rings (SSSR count). The Bertz CT molecular complexity index is 810. The van der Waals surface area contributed by atoms with E-state index in [1.165, 1.54) is 14.2 Å². The molecule has 8 heteroatoms. The molecule has 0 radical (unpaired) electrons. The molecule has 1 amide bonds. The van der Waals surface area contributed by atoms with Gasteiger partial charge < -0.3 is 29.4 Å². The molecule has 0 bridgehead atoms. The van der Waals surface area contributed by atoms with E-state index in [0.29, 0.717) is 17.1 Å². The second-order valence-electron chi connectivity index (χ2n) is 6.17. The summed E-state index contributed by atoms with van der Waals surface area (Å²) in [7, 11) is 4.18. The van der Waals surface area contributed by atoms with E-state index in [1.807, 2.05) is 30.3 Å². The largest absolute Gasteiger partial charge is 0.493 e. The monoisotopic (exact) mass is 403 g/mol. The number of methoxy groups -OCH3 is 3. The van der Waals surface area contributed by atoms with Crippen LogP contribution in [0.1, 0.15) is 11.1 Å². The summed E-state index contributed by atoms with van der Waals surface area (Å²) < 4.78 is 20.2. The SMILES string of the molecule is COC(=O)C(O)C(Cc1ccc(OC)c(OC)c1)NC(=O)OCc1ccccc1. The number of rotatable bonds is 9. The number of amides is 1. The number of nitrogens with one attached hydrogen (secondary N) is 1. The van der Waals surface area contributed by atoms with Crippen LogP contribution >= 0.6 is 0 Å². The van der Waals surface area contributed by atoms with E-state index in [1.54, 1.807) is 18.2 Å². The topological polar surface area (TPSA) is 103 Å². The van der Waals surface area contributed by atoms with Gasteiger partial charge in [0.05, 0.1) is 27.4 Å². The van der Waals surface area contributed by atoms with Crippen molar-refractivity contribution in [1.82, 2.24) is 5.32 Å². The zero-order chi connectivity index (χ0) is 21.2. The molecule has 0 fully saturated rings. The van der Waals surface area contributed by atoms with Crippen LogP contribution in [0.5, 0.6) is 11.5 Å². The lowest BCUT2D eigenvalue weighted by Gasteiger charge is -2.23. The smallest absolute Gasteiger partial charge is 0.407 e. The van der Waals surface area contributed by atoms with Crippen LogP contribution in [0.25, 0.3) is 0 Å². The lowest BCUT2D eigenvalue weighted by molar-refractivity contribution is -0.151. The average molecular weight is 403 g/mol. The number of benzene rings is 2. The van der Waals surface area contributed by atoms with Gasteiger partial charge in [-0.05, 0) is 29.7 Å². The van der Waals surface area contributed by atoms with Gasteiger partial charge in [0, 0.05) is 0 Å². The van der Waals surface area contributed by atoms with E-state index in [2.05, 4.69) is 10.1 Å². The van der Waals surface area contributed by atoms with Gasteiger partial charge >= 0.3 is 12.1 Å². The second-order valence-corrected chi connectivity index (χ2v) is 6.17. The number of carbonyl (C=O) groups is 2. The van der Waals surface area contributed by atoms with Crippen LogP contribution in [0, 0.1) is 0 Å². The van der Waals surface area contributed by atoms with E-state index in [0.717, 1.165) is 12.7 Å². The summed E-state index contributed by atoms with van der Waals surface area (Å²) in [6.07, 6.45) is -2.20. The highest BCUT2D eigenvalue weighted by atomic mass is 16.6. The molecule has 29 heavy (non-hydrogen) atoms. The van der Waals surface area contributed by atoms with E-state index in [4.69, 9.17) is 14.2 Å². The first kappa shape index (κ1) is 22.0. The Morgan fingerprint density at radius 2 is 1.66 bits per heavy atom. The highest BCUT2D eigenvalue weighted by Crippen LogP contribution is 2.28. The van der Waals surface area contributed by atoms with Gasteiger partial charge in [-0.3, -0.25) is 0 Å². The van der Waals surface area contributed by atoms with E-state index in [-0.39, 0.29) is 13.0 Å². The summed E-state index contributed by atoms with van der Waals surface area (Å²) >= 11 is 0. The Kier molecular flexibility index (Phi) is 8.29. The molecule has 0 saturated heterocycles. The Labute approximate surface area is 169 Å². The van der Waals surface area contributed by atoms with Crippen LogP contribution in [0.3, 0.4) is 0 Å². The second kappa shape index (κ2) is 10.9. The maximum atomic E-state index is 12.2. The van der Waals surface area contributed by atoms with Crippen LogP contribution in [-0.4, -0.2) is 50.6 Å². The fourth-order valence-corrected chi connectivity index (χ4v) is 2.70. The molecule has 2 unspecified atom stereocenters. The summed E-state index contributed by atoms with van der Waals surface area (Å²) in [5, 5.41) is 12.8. The lowest BCUT2D eigenvalue weighted by atomic mass is 10.0. The zero-order valence-electron chi connectivity index (χ0n) is 16.6. The third kappa shape index (κ3) is 6.39. The van der Waals surface area contributed by atoms with Gasteiger partial charge in [0.15, 0.2) is 17.6 Å². The molecule has 2 atom stereocenters. The Morgan fingerprint density at radius 1 is 0.966 bits per heavy atom. The Morgan fingerprint density at radius 3 is 2.28 bits per heavy atom. The molecule has 2 aromatic rings. The van der Waals surface area contributed by atoms with Crippen LogP contribution < -0.4 is 14.8 Å². The third-order valence-electron chi connectivity index (χ3n) is 4.24. The molecular formula is C21H25NO7. The highest BCUT2D eigenvalue weighted by Gasteiger charge is 2.29. The van der Waals surface area contributed by atoms with Gasteiger partial charge in [0.1, 0.15) is 6.61 Å². The predicted molar refractivity (Wildman–Crippen MR) is 105 cm³/mol. The van der Waals surface area contributed by atoms with Crippen molar-refractivity contribution in [3.63, 3.8) is 0 Å². The molecule has 0 aliphatic carbocycles. The molecule has 0 heterocycles. The van der Waals surface area contributed by atoms with Gasteiger partial charge in [-0.2, -0.15) is 0 Å². The molecule has 0 aliphatic heterocycles. The molecule has 0 spiro atoms. The van der Waals surface area contributed by atoms with Crippen LogP contribution in [0.2, 0.25) is 0 Å². The predicted octanol–water partition coefficient (Wildman–Crippen LogP) is 2.08. The molecule has 0 saturated carbocycles. The maximum Gasteiger partial charge on any atom is 0.407 e. The molecule has 8 nitrogen and oxygen atoms in total. The third-order valence-corrected chi connectivity index (χ3v) is 4.24. The van der Waals surface area contributed by atoms with E-state index < -0.39 is 24.2 Å². The van der Waals surface area contributed by atoms with Crippen molar-refractivity contribution in [2.75, 3.05) is 21.3 Å². The minimum atomic E-state index is -1.57. The number of aliphatic hydroxyl groups excluding tert-OH is 1. The lowest BCUT2D eigenvalue weighted by Crippen LogP contribution is -2.48. The fraction of sp³-hybridized carbons (Fsp3) is 0.333. The maximum absolute atomic E-state index is 12.2. The normalized spacial score (nSPS) is 12.4. The quantitative estimate of drug-likeness (QED) is 0.618. The minimum absolute atomic E-state index is 0.0596. The number of ether oxygens (including phenoxy) is 4. The Hall–Kier alpha value is -3.26. The summed E-state index contributed by atoms with van der Waals surface area (Å²) in [6, 6.07) is 13.3. The minimum Gasteiger partial charge on any atom is -0.493 e. The van der Waals surface area contributed by atoms with Gasteiger partial charge in [-0.1, -0.05) is 36.4 Å². The summed E-state index contributed by atoms with van der Waals surface area (Å²) in [4.78, 5) is 24.0. The number of hydrogen-bond donors (Lipinski definition) is 2. The molecule has 2 aromatic carbocycles. The number of carbonyl (C=O) groups excluding carboxylic acids is 2. The first-order valence-electron chi connectivity index (χ1n) is 8.92. The van der Waals surface area contributed by atoms with Gasteiger partial charge in [-0.15, -0.1) is 0 Å². The molecule has 156 valence electrons. The standard InChI is InChI=1S/C21H25NO7/c1-26-17-10-9-15(12-18(17)27-2)11-16(19(23)20(24)28-3)22-21(25)29-13-14-7-5-4-6-8-14/h4-10,12,16,19,23H,11,13H2,1-3H3,(H,22,25). The highest BCUT2D eigenvalue weighted by molar-refractivity contribution is 5.77. The number of alkyl carbamates (subject to hydrolysis) is 1. The van der Waals surface area contributed by atoms with Crippen LogP contribution in [-0.2, 0) is 27.3 Å². The van der Waals surface area contributed by atoms with Crippen molar-refractivity contribution in [3.05, 3.63) is 59.7 Å². The molecule has 0 aromatic heterocycles. The van der Waals surface area contributed by atoms with Crippen molar-refractivity contribution in [1.29, 1.82) is 0 Å². The van der Waals surface area contributed by atoms with E-state index in [9.17, 15) is 14.7 Å².